The molecule has 0 aliphatic carbocycles. The molecule has 8 nitrogen and oxygen atoms in total. The fourth-order valence-corrected chi connectivity index (χ4v) is 6.35. The summed E-state index contributed by atoms with van der Waals surface area (Å²) in [4.78, 5) is 17.0. The van der Waals surface area contributed by atoms with Gasteiger partial charge in [-0.05, 0) is 63.5 Å². The van der Waals surface area contributed by atoms with Gasteiger partial charge in [-0.2, -0.15) is 4.31 Å². The Morgan fingerprint density at radius 1 is 1.16 bits per heavy atom. The van der Waals surface area contributed by atoms with Gasteiger partial charge in [0, 0.05) is 38.6 Å². The van der Waals surface area contributed by atoms with Crippen molar-refractivity contribution < 1.29 is 22.7 Å². The van der Waals surface area contributed by atoms with Gasteiger partial charge in [0.25, 0.3) is 0 Å². The van der Waals surface area contributed by atoms with E-state index < -0.39 is 10.0 Å². The van der Waals surface area contributed by atoms with Gasteiger partial charge < -0.3 is 19.3 Å². The highest BCUT2D eigenvalue weighted by atomic mass is 32.2. The molecule has 2 fully saturated rings. The SMILES string of the molecule is COc1cc(C)c(S(=O)(=O)N(C)CCOCC(=O)N2CCC3(CCN(C)C3)C2)c(C)c1. The fraction of sp³-hybridized carbons (Fsp3) is 0.682. The number of benzene rings is 1. The first-order valence-corrected chi connectivity index (χ1v) is 12.2. The molecule has 2 heterocycles. The van der Waals surface area contributed by atoms with E-state index in [0.29, 0.717) is 16.9 Å². The molecule has 1 atom stereocenters. The number of nitrogens with zero attached hydrogens (tertiary/aromatic N) is 3. The fourth-order valence-electron chi connectivity index (χ4n) is 4.79. The number of likely N-dealkylation sites (N-methyl/N-ethyl adjacent to an activating group) is 1. The third-order valence-corrected chi connectivity index (χ3v) is 8.70. The van der Waals surface area contributed by atoms with Gasteiger partial charge in [-0.25, -0.2) is 8.42 Å². The van der Waals surface area contributed by atoms with Crippen LogP contribution in [-0.4, -0.2) is 95.6 Å². The Labute approximate surface area is 186 Å². The first-order chi connectivity index (χ1) is 14.6. The first kappa shape index (κ1) is 24.0. The Morgan fingerprint density at radius 3 is 2.39 bits per heavy atom. The third-order valence-electron chi connectivity index (χ3n) is 6.53. The maximum absolute atomic E-state index is 13.0. The Balaban J connectivity index is 1.49. The zero-order valence-corrected chi connectivity index (χ0v) is 20.1. The minimum absolute atomic E-state index is 0.0135. The molecule has 2 saturated heterocycles. The van der Waals surface area contributed by atoms with Crippen LogP contribution in [0.5, 0.6) is 5.75 Å². The van der Waals surface area contributed by atoms with Crippen molar-refractivity contribution in [3.8, 4) is 5.75 Å². The number of carbonyl (C=O) groups excluding carboxylic acids is 1. The summed E-state index contributed by atoms with van der Waals surface area (Å²) < 4.78 is 38.1. The number of hydrogen-bond donors (Lipinski definition) is 0. The van der Waals surface area contributed by atoms with E-state index in [1.165, 1.54) is 11.4 Å². The second-order valence-corrected chi connectivity index (χ2v) is 11.0. The number of amides is 1. The van der Waals surface area contributed by atoms with Crippen LogP contribution < -0.4 is 4.74 Å². The standard InChI is InChI=1S/C22H35N3O5S/c1-17-12-19(29-5)13-18(2)21(17)31(27,28)24(4)10-11-30-14-20(26)25-9-7-22(16-25)6-8-23(3)15-22/h12-13H,6-11,14-16H2,1-5H3. The Kier molecular flexibility index (Phi) is 7.30. The van der Waals surface area contributed by atoms with Gasteiger partial charge in [0.05, 0.1) is 18.6 Å². The van der Waals surface area contributed by atoms with Gasteiger partial charge >= 0.3 is 0 Å². The molecule has 3 rings (SSSR count). The molecule has 1 unspecified atom stereocenters. The van der Waals surface area contributed by atoms with Gasteiger partial charge in [0.2, 0.25) is 15.9 Å². The van der Waals surface area contributed by atoms with Crippen LogP contribution in [-0.2, 0) is 19.6 Å². The minimum atomic E-state index is -3.66. The highest BCUT2D eigenvalue weighted by molar-refractivity contribution is 7.89. The average Bonchev–Trinajstić information content (AvgIpc) is 3.29. The lowest BCUT2D eigenvalue weighted by Crippen LogP contribution is -2.36. The molecule has 9 heteroatoms. The van der Waals surface area contributed by atoms with Crippen LogP contribution in [0, 0.1) is 19.3 Å². The van der Waals surface area contributed by atoms with Gasteiger partial charge in [-0.15, -0.1) is 0 Å². The molecule has 0 saturated carbocycles. The largest absolute Gasteiger partial charge is 0.497 e. The zero-order chi connectivity index (χ0) is 22.8. The van der Waals surface area contributed by atoms with Crippen molar-refractivity contribution in [2.24, 2.45) is 5.41 Å². The van der Waals surface area contributed by atoms with Crippen molar-refractivity contribution in [2.75, 3.05) is 67.1 Å². The number of methoxy groups -OCH3 is 1. The molecule has 1 spiro atoms. The summed E-state index contributed by atoms with van der Waals surface area (Å²) in [6, 6.07) is 3.43. The van der Waals surface area contributed by atoms with Gasteiger partial charge in [-0.1, -0.05) is 0 Å². The quantitative estimate of drug-likeness (QED) is 0.555. The predicted molar refractivity (Wildman–Crippen MR) is 119 cm³/mol. The highest BCUT2D eigenvalue weighted by Gasteiger charge is 2.43. The van der Waals surface area contributed by atoms with E-state index in [9.17, 15) is 13.2 Å². The van der Waals surface area contributed by atoms with E-state index in [-0.39, 0.29) is 36.0 Å². The monoisotopic (exact) mass is 453 g/mol. The van der Waals surface area contributed by atoms with Crippen molar-refractivity contribution in [1.82, 2.24) is 14.1 Å². The van der Waals surface area contributed by atoms with Gasteiger partial charge in [-0.3, -0.25) is 4.79 Å². The topological polar surface area (TPSA) is 79.4 Å². The lowest BCUT2D eigenvalue weighted by atomic mass is 9.86. The summed E-state index contributed by atoms with van der Waals surface area (Å²) in [6.07, 6.45) is 2.19. The summed E-state index contributed by atoms with van der Waals surface area (Å²) in [5.74, 6) is 0.616. The predicted octanol–water partition coefficient (Wildman–Crippen LogP) is 1.50. The minimum Gasteiger partial charge on any atom is -0.497 e. The Bertz CT molecular complexity index is 897. The normalized spacial score (nSPS) is 22.1. The van der Waals surface area contributed by atoms with Crippen LogP contribution in [0.1, 0.15) is 24.0 Å². The number of ether oxygens (including phenoxy) is 2. The van der Waals surface area contributed by atoms with Crippen molar-refractivity contribution in [2.45, 2.75) is 31.6 Å². The maximum atomic E-state index is 13.0. The van der Waals surface area contributed by atoms with Crippen LogP contribution >= 0.6 is 0 Å². The van der Waals surface area contributed by atoms with Crippen LogP contribution in [0.2, 0.25) is 0 Å². The van der Waals surface area contributed by atoms with Crippen LogP contribution in [0.15, 0.2) is 17.0 Å². The summed E-state index contributed by atoms with van der Waals surface area (Å²) >= 11 is 0. The third kappa shape index (κ3) is 5.22. The van der Waals surface area contributed by atoms with Crippen LogP contribution in [0.25, 0.3) is 0 Å². The molecule has 1 aromatic carbocycles. The van der Waals surface area contributed by atoms with Gasteiger partial charge in [0.15, 0.2) is 0 Å². The van der Waals surface area contributed by atoms with Crippen LogP contribution in [0.3, 0.4) is 0 Å². The van der Waals surface area contributed by atoms with Crippen molar-refractivity contribution in [3.05, 3.63) is 23.3 Å². The molecule has 0 radical (unpaired) electrons. The van der Waals surface area contributed by atoms with E-state index >= 15 is 0 Å². The summed E-state index contributed by atoms with van der Waals surface area (Å²) in [7, 11) is 1.55. The van der Waals surface area contributed by atoms with E-state index in [1.807, 2.05) is 4.90 Å². The lowest BCUT2D eigenvalue weighted by Gasteiger charge is -2.24. The Hall–Kier alpha value is -1.68. The molecule has 0 bridgehead atoms. The van der Waals surface area contributed by atoms with Crippen molar-refractivity contribution in [1.29, 1.82) is 0 Å². The smallest absolute Gasteiger partial charge is 0.248 e. The zero-order valence-electron chi connectivity index (χ0n) is 19.3. The maximum Gasteiger partial charge on any atom is 0.248 e. The van der Waals surface area contributed by atoms with Crippen molar-refractivity contribution in [3.63, 3.8) is 0 Å². The molecule has 1 aromatic rings. The van der Waals surface area contributed by atoms with Crippen molar-refractivity contribution >= 4 is 15.9 Å². The molecule has 174 valence electrons. The van der Waals surface area contributed by atoms with E-state index in [1.54, 1.807) is 33.1 Å². The summed E-state index contributed by atoms with van der Waals surface area (Å²) in [6.45, 7) is 7.56. The Morgan fingerprint density at radius 2 is 1.81 bits per heavy atom. The number of rotatable bonds is 8. The number of likely N-dealkylation sites (tertiary alicyclic amines) is 2. The summed E-state index contributed by atoms with van der Waals surface area (Å²) in [5, 5.41) is 0. The number of carbonyl (C=O) groups is 1. The number of hydrogen-bond acceptors (Lipinski definition) is 6. The molecular formula is C22H35N3O5S. The molecular weight excluding hydrogens is 418 g/mol. The van der Waals surface area contributed by atoms with E-state index in [4.69, 9.17) is 9.47 Å². The second-order valence-electron chi connectivity index (χ2n) is 9.02. The number of sulfonamides is 1. The van der Waals surface area contributed by atoms with E-state index in [0.717, 1.165) is 39.0 Å². The van der Waals surface area contributed by atoms with E-state index in [2.05, 4.69) is 11.9 Å². The molecule has 2 aliphatic rings. The lowest BCUT2D eigenvalue weighted by molar-refractivity contribution is -0.135. The van der Waals surface area contributed by atoms with Crippen LogP contribution in [0.4, 0.5) is 0 Å². The highest BCUT2D eigenvalue weighted by Crippen LogP contribution is 2.38. The molecule has 1 amide bonds. The summed E-state index contributed by atoms with van der Waals surface area (Å²) in [5.41, 5.74) is 1.52. The van der Waals surface area contributed by atoms with Gasteiger partial charge in [0.1, 0.15) is 12.4 Å². The molecule has 0 N–H and O–H groups in total. The molecule has 2 aliphatic heterocycles. The number of aryl methyl sites for hydroxylation is 2. The first-order valence-electron chi connectivity index (χ1n) is 10.7. The molecule has 0 aromatic heterocycles. The average molecular weight is 454 g/mol. The molecule has 31 heavy (non-hydrogen) atoms. The second kappa shape index (κ2) is 9.44.